The fraction of sp³-hybridized carbons (Fsp3) is 0.188. The number of nitrogens with zero attached hydrogens (tertiary/aromatic N) is 1. The number of rotatable bonds is 7. The van der Waals surface area contributed by atoms with Crippen LogP contribution in [-0.4, -0.2) is 24.0 Å². The molecule has 1 N–H and O–H groups in total. The average Bonchev–Trinajstić information content (AvgIpc) is 2.55. The average molecular weight is 300 g/mol. The molecule has 0 spiro atoms. The van der Waals surface area contributed by atoms with Crippen LogP contribution in [0.1, 0.15) is 15.9 Å². The lowest BCUT2D eigenvalue weighted by Gasteiger charge is -2.06. The first-order valence-corrected chi connectivity index (χ1v) is 6.81. The number of ether oxygens (including phenoxy) is 1. The van der Waals surface area contributed by atoms with Crippen LogP contribution in [0.3, 0.4) is 0 Å². The van der Waals surface area contributed by atoms with E-state index in [1.165, 1.54) is 24.3 Å². The van der Waals surface area contributed by atoms with Gasteiger partial charge in [-0.15, -0.1) is 0 Å². The van der Waals surface area contributed by atoms with Gasteiger partial charge in [-0.2, -0.15) is 0 Å². The summed E-state index contributed by atoms with van der Waals surface area (Å²) in [6.45, 7) is 1.27. The Morgan fingerprint density at radius 3 is 2.41 bits per heavy atom. The van der Waals surface area contributed by atoms with Crippen LogP contribution in [0.4, 0.5) is 5.69 Å². The fourth-order valence-electron chi connectivity index (χ4n) is 1.84. The number of amides is 1. The highest BCUT2D eigenvalue weighted by Crippen LogP contribution is 2.11. The van der Waals surface area contributed by atoms with E-state index in [1.807, 2.05) is 30.3 Å². The Balaban J connectivity index is 1.70. The van der Waals surface area contributed by atoms with E-state index in [-0.39, 0.29) is 11.6 Å². The van der Waals surface area contributed by atoms with Crippen molar-refractivity contribution in [3.8, 4) is 0 Å². The first-order valence-electron chi connectivity index (χ1n) is 6.81. The fourth-order valence-corrected chi connectivity index (χ4v) is 1.84. The third kappa shape index (κ3) is 4.68. The van der Waals surface area contributed by atoms with Gasteiger partial charge in [0, 0.05) is 24.2 Å². The quantitative estimate of drug-likeness (QED) is 0.484. The second-order valence-electron chi connectivity index (χ2n) is 4.60. The standard InChI is InChI=1S/C16H16N2O4/c19-16(14-6-8-15(9-7-14)18(20)21)17-10-11-22-12-13-4-2-1-3-5-13/h1-9H,10-12H2,(H,17,19). The highest BCUT2D eigenvalue weighted by atomic mass is 16.6. The van der Waals surface area contributed by atoms with Gasteiger partial charge in [0.2, 0.25) is 0 Å². The van der Waals surface area contributed by atoms with E-state index in [9.17, 15) is 14.9 Å². The molecule has 1 amide bonds. The van der Waals surface area contributed by atoms with Crippen molar-refractivity contribution in [3.05, 3.63) is 75.8 Å². The maximum Gasteiger partial charge on any atom is 0.269 e. The van der Waals surface area contributed by atoms with Crippen LogP contribution < -0.4 is 5.32 Å². The molecule has 0 aliphatic carbocycles. The maximum absolute atomic E-state index is 11.8. The second kappa shape index (κ2) is 7.90. The second-order valence-corrected chi connectivity index (χ2v) is 4.60. The molecule has 22 heavy (non-hydrogen) atoms. The number of nitro groups is 1. The summed E-state index contributed by atoms with van der Waals surface area (Å²) in [6.07, 6.45) is 0. The third-order valence-corrected chi connectivity index (χ3v) is 2.98. The van der Waals surface area contributed by atoms with E-state index >= 15 is 0 Å². The Morgan fingerprint density at radius 1 is 1.09 bits per heavy atom. The molecule has 6 heteroatoms. The van der Waals surface area contributed by atoms with Crippen LogP contribution in [0.5, 0.6) is 0 Å². The summed E-state index contributed by atoms with van der Waals surface area (Å²) in [4.78, 5) is 21.9. The number of non-ortho nitro benzene ring substituents is 1. The summed E-state index contributed by atoms with van der Waals surface area (Å²) in [6, 6.07) is 15.2. The Kier molecular flexibility index (Phi) is 5.62. The van der Waals surface area contributed by atoms with Crippen molar-refractivity contribution in [2.75, 3.05) is 13.2 Å². The third-order valence-electron chi connectivity index (χ3n) is 2.98. The van der Waals surface area contributed by atoms with Gasteiger partial charge < -0.3 is 10.1 Å². The minimum atomic E-state index is -0.501. The predicted molar refractivity (Wildman–Crippen MR) is 81.5 cm³/mol. The van der Waals surface area contributed by atoms with Gasteiger partial charge in [-0.3, -0.25) is 14.9 Å². The molecule has 0 radical (unpaired) electrons. The number of hydrogen-bond acceptors (Lipinski definition) is 4. The zero-order valence-corrected chi connectivity index (χ0v) is 11.9. The topological polar surface area (TPSA) is 81.5 Å². The molecule has 6 nitrogen and oxygen atoms in total. The van der Waals surface area contributed by atoms with Crippen molar-refractivity contribution in [3.63, 3.8) is 0 Å². The zero-order valence-electron chi connectivity index (χ0n) is 11.9. The number of hydrogen-bond donors (Lipinski definition) is 1. The van der Waals surface area contributed by atoms with Crippen molar-refractivity contribution >= 4 is 11.6 Å². The Morgan fingerprint density at radius 2 is 1.77 bits per heavy atom. The molecule has 114 valence electrons. The first-order chi connectivity index (χ1) is 10.7. The molecular formula is C16H16N2O4. The molecule has 0 saturated carbocycles. The molecule has 0 aliphatic heterocycles. The minimum absolute atomic E-state index is 0.0391. The molecular weight excluding hydrogens is 284 g/mol. The van der Waals surface area contributed by atoms with Gasteiger partial charge >= 0.3 is 0 Å². The van der Waals surface area contributed by atoms with Crippen LogP contribution >= 0.6 is 0 Å². The molecule has 0 bridgehead atoms. The van der Waals surface area contributed by atoms with Gasteiger partial charge in [0.15, 0.2) is 0 Å². The normalized spacial score (nSPS) is 10.2. The summed E-state index contributed by atoms with van der Waals surface area (Å²) < 4.78 is 5.45. The molecule has 2 aromatic carbocycles. The van der Waals surface area contributed by atoms with Crippen LogP contribution in [-0.2, 0) is 11.3 Å². The summed E-state index contributed by atoms with van der Waals surface area (Å²) in [5, 5.41) is 13.2. The number of nitrogens with one attached hydrogen (secondary N) is 1. The van der Waals surface area contributed by atoms with Crippen molar-refractivity contribution < 1.29 is 14.5 Å². The van der Waals surface area contributed by atoms with E-state index in [2.05, 4.69) is 5.32 Å². The zero-order chi connectivity index (χ0) is 15.8. The van der Waals surface area contributed by atoms with Gasteiger partial charge in [0.1, 0.15) is 0 Å². The highest BCUT2D eigenvalue weighted by Gasteiger charge is 2.08. The van der Waals surface area contributed by atoms with Gasteiger partial charge in [0.25, 0.3) is 11.6 Å². The molecule has 2 rings (SSSR count). The van der Waals surface area contributed by atoms with E-state index in [4.69, 9.17) is 4.74 Å². The Bertz CT molecular complexity index is 626. The number of nitro benzene ring substituents is 1. The van der Waals surface area contributed by atoms with Gasteiger partial charge in [0.05, 0.1) is 18.1 Å². The number of carbonyl (C=O) groups is 1. The minimum Gasteiger partial charge on any atom is -0.375 e. The van der Waals surface area contributed by atoms with Crippen LogP contribution in [0.15, 0.2) is 54.6 Å². The van der Waals surface area contributed by atoms with Gasteiger partial charge in [-0.25, -0.2) is 0 Å². The molecule has 0 unspecified atom stereocenters. The van der Waals surface area contributed by atoms with Crippen LogP contribution in [0.2, 0.25) is 0 Å². The largest absolute Gasteiger partial charge is 0.375 e. The molecule has 0 aromatic heterocycles. The molecule has 2 aromatic rings. The molecule has 0 fully saturated rings. The molecule has 0 saturated heterocycles. The lowest BCUT2D eigenvalue weighted by atomic mass is 10.2. The van der Waals surface area contributed by atoms with E-state index < -0.39 is 4.92 Å². The summed E-state index contributed by atoms with van der Waals surface area (Å²) in [5.74, 6) is -0.279. The molecule has 0 heterocycles. The van der Waals surface area contributed by atoms with Crippen molar-refractivity contribution in [1.82, 2.24) is 5.32 Å². The Hall–Kier alpha value is -2.73. The maximum atomic E-state index is 11.8. The monoisotopic (exact) mass is 300 g/mol. The summed E-state index contributed by atoms with van der Waals surface area (Å²) >= 11 is 0. The van der Waals surface area contributed by atoms with E-state index in [0.29, 0.717) is 25.3 Å². The first kappa shape index (κ1) is 15.7. The number of benzene rings is 2. The summed E-state index contributed by atoms with van der Waals surface area (Å²) in [7, 11) is 0. The van der Waals surface area contributed by atoms with E-state index in [0.717, 1.165) is 5.56 Å². The van der Waals surface area contributed by atoms with Gasteiger partial charge in [-0.1, -0.05) is 30.3 Å². The molecule has 0 atom stereocenters. The smallest absolute Gasteiger partial charge is 0.269 e. The lowest BCUT2D eigenvalue weighted by Crippen LogP contribution is -2.27. The Labute approximate surface area is 127 Å². The lowest BCUT2D eigenvalue weighted by molar-refractivity contribution is -0.384. The van der Waals surface area contributed by atoms with Gasteiger partial charge in [-0.05, 0) is 17.7 Å². The van der Waals surface area contributed by atoms with Crippen LogP contribution in [0.25, 0.3) is 0 Å². The van der Waals surface area contributed by atoms with E-state index in [1.54, 1.807) is 0 Å². The molecule has 0 aliphatic rings. The van der Waals surface area contributed by atoms with Crippen LogP contribution in [0, 0.1) is 10.1 Å². The number of carbonyl (C=O) groups excluding carboxylic acids is 1. The summed E-state index contributed by atoms with van der Waals surface area (Å²) in [5.41, 5.74) is 1.42. The highest BCUT2D eigenvalue weighted by molar-refractivity contribution is 5.94. The SMILES string of the molecule is O=C(NCCOCc1ccccc1)c1ccc([N+](=O)[O-])cc1. The predicted octanol–water partition coefficient (Wildman–Crippen LogP) is 2.54. The van der Waals surface area contributed by atoms with Crippen molar-refractivity contribution in [2.45, 2.75) is 6.61 Å². The van der Waals surface area contributed by atoms with Crippen molar-refractivity contribution in [1.29, 1.82) is 0 Å². The van der Waals surface area contributed by atoms with Crippen molar-refractivity contribution in [2.24, 2.45) is 0 Å².